The Morgan fingerprint density at radius 1 is 1.50 bits per heavy atom. The summed E-state index contributed by atoms with van der Waals surface area (Å²) in [5.74, 6) is 0.707. The number of nitrogens with one attached hydrogen (secondary N) is 2. The third-order valence-electron chi connectivity index (χ3n) is 3.57. The molecule has 4 nitrogen and oxygen atoms in total. The van der Waals surface area contributed by atoms with Crippen LogP contribution in [0.5, 0.6) is 0 Å². The molecular formula is C12H18IN3OS. The van der Waals surface area contributed by atoms with Gasteiger partial charge in [-0.1, -0.05) is 19.3 Å². The van der Waals surface area contributed by atoms with Crippen LogP contribution in [0.1, 0.15) is 32.1 Å². The first kappa shape index (κ1) is 14.2. The van der Waals surface area contributed by atoms with Crippen molar-refractivity contribution in [3.63, 3.8) is 0 Å². The molecule has 0 amide bonds. The average molecular weight is 379 g/mol. The van der Waals surface area contributed by atoms with E-state index in [1.807, 2.05) is 34.4 Å². The van der Waals surface area contributed by atoms with E-state index in [4.69, 9.17) is 0 Å². The molecule has 1 heterocycles. The molecule has 2 rings (SSSR count). The van der Waals surface area contributed by atoms with E-state index in [0.717, 1.165) is 6.54 Å². The maximum Gasteiger partial charge on any atom is 0.266 e. The molecule has 6 heteroatoms. The Bertz CT molecular complexity index is 457. The number of halogens is 1. The van der Waals surface area contributed by atoms with Gasteiger partial charge in [-0.05, 0) is 41.7 Å². The Hall–Kier alpha value is -0.240. The minimum absolute atomic E-state index is 0.0741. The van der Waals surface area contributed by atoms with E-state index in [1.165, 1.54) is 38.4 Å². The number of rotatable bonds is 4. The van der Waals surface area contributed by atoms with Crippen molar-refractivity contribution < 1.29 is 0 Å². The maximum atomic E-state index is 11.5. The van der Waals surface area contributed by atoms with Gasteiger partial charge in [0.05, 0.1) is 6.33 Å². The van der Waals surface area contributed by atoms with E-state index in [9.17, 15) is 4.79 Å². The second kappa shape index (κ2) is 6.27. The fraction of sp³-hybridized carbons (Fsp3) is 0.667. The maximum absolute atomic E-state index is 11.5. The molecule has 1 fully saturated rings. The lowest BCUT2D eigenvalue weighted by atomic mass is 9.88. The molecule has 1 aromatic rings. The van der Waals surface area contributed by atoms with Gasteiger partial charge in [-0.15, -0.1) is 0 Å². The van der Waals surface area contributed by atoms with Crippen molar-refractivity contribution in [3.05, 3.63) is 20.3 Å². The number of aromatic nitrogens is 2. The van der Waals surface area contributed by atoms with E-state index >= 15 is 0 Å². The van der Waals surface area contributed by atoms with Gasteiger partial charge in [-0.25, -0.2) is 4.98 Å². The third-order valence-corrected chi connectivity index (χ3v) is 5.99. The van der Waals surface area contributed by atoms with Gasteiger partial charge in [0.2, 0.25) is 0 Å². The largest absolute Gasteiger partial charge is 0.368 e. The first-order valence-corrected chi connectivity index (χ1v) is 8.49. The van der Waals surface area contributed by atoms with Crippen LogP contribution in [0.4, 0.5) is 5.82 Å². The number of hydrogen-bond acceptors (Lipinski definition) is 4. The standard InChI is InChI=1S/C12H18IN3OS/c1-18-12(5-3-2-4-6-12)7-14-10-9(13)11(17)16-8-15-10/h8H,2-7H2,1H3,(H2,14,15,16,17). The van der Waals surface area contributed by atoms with Crippen LogP contribution in [0.2, 0.25) is 0 Å². The number of nitrogens with zero attached hydrogens (tertiary/aromatic N) is 1. The minimum Gasteiger partial charge on any atom is -0.368 e. The molecule has 0 atom stereocenters. The fourth-order valence-corrected chi connectivity index (χ4v) is 3.80. The van der Waals surface area contributed by atoms with Crippen LogP contribution in [0.3, 0.4) is 0 Å². The summed E-state index contributed by atoms with van der Waals surface area (Å²) in [5, 5.41) is 3.36. The highest BCUT2D eigenvalue weighted by molar-refractivity contribution is 14.1. The lowest BCUT2D eigenvalue weighted by Gasteiger charge is -2.36. The van der Waals surface area contributed by atoms with Crippen molar-refractivity contribution in [2.45, 2.75) is 36.9 Å². The predicted molar refractivity (Wildman–Crippen MR) is 85.4 cm³/mol. The van der Waals surface area contributed by atoms with Crippen LogP contribution in [-0.2, 0) is 0 Å². The molecule has 0 radical (unpaired) electrons. The summed E-state index contributed by atoms with van der Waals surface area (Å²) in [6.07, 6.45) is 10.1. The van der Waals surface area contributed by atoms with Crippen molar-refractivity contribution >= 4 is 40.2 Å². The number of H-pyrrole nitrogens is 1. The Balaban J connectivity index is 2.05. The molecule has 100 valence electrons. The number of hydrogen-bond donors (Lipinski definition) is 2. The Morgan fingerprint density at radius 2 is 2.22 bits per heavy atom. The molecule has 18 heavy (non-hydrogen) atoms. The molecule has 0 aliphatic heterocycles. The summed E-state index contributed by atoms with van der Waals surface area (Å²) in [7, 11) is 0. The SMILES string of the molecule is CSC1(CNc2nc[nH]c(=O)c2I)CCCCC1. The van der Waals surface area contributed by atoms with Gasteiger partial charge in [0.15, 0.2) is 0 Å². The summed E-state index contributed by atoms with van der Waals surface area (Å²) in [6.45, 7) is 0.890. The summed E-state index contributed by atoms with van der Waals surface area (Å²) in [5.41, 5.74) is -0.0741. The highest BCUT2D eigenvalue weighted by atomic mass is 127. The molecule has 2 N–H and O–H groups in total. The van der Waals surface area contributed by atoms with Gasteiger partial charge in [-0.2, -0.15) is 11.8 Å². The van der Waals surface area contributed by atoms with E-state index in [1.54, 1.807) is 0 Å². The van der Waals surface area contributed by atoms with Gasteiger partial charge < -0.3 is 10.3 Å². The smallest absolute Gasteiger partial charge is 0.266 e. The summed E-state index contributed by atoms with van der Waals surface area (Å²) >= 11 is 3.98. The van der Waals surface area contributed by atoms with Crippen molar-refractivity contribution in [2.75, 3.05) is 18.1 Å². The molecule has 1 saturated carbocycles. The van der Waals surface area contributed by atoms with Crippen LogP contribution in [0.15, 0.2) is 11.1 Å². The van der Waals surface area contributed by atoms with Crippen LogP contribution in [0, 0.1) is 3.57 Å². The van der Waals surface area contributed by atoms with Gasteiger partial charge in [-0.3, -0.25) is 4.79 Å². The molecular weight excluding hydrogens is 361 g/mol. The van der Waals surface area contributed by atoms with Crippen LogP contribution in [-0.4, -0.2) is 27.5 Å². The molecule has 0 aromatic carbocycles. The molecule has 1 aromatic heterocycles. The topological polar surface area (TPSA) is 57.8 Å². The number of thioether (sulfide) groups is 1. The Labute approximate surface area is 125 Å². The summed E-state index contributed by atoms with van der Waals surface area (Å²) in [6, 6.07) is 0. The van der Waals surface area contributed by atoms with E-state index in [2.05, 4.69) is 21.5 Å². The van der Waals surface area contributed by atoms with Crippen molar-refractivity contribution in [2.24, 2.45) is 0 Å². The first-order chi connectivity index (χ1) is 8.67. The summed E-state index contributed by atoms with van der Waals surface area (Å²) < 4.78 is 0.952. The molecule has 1 aliphatic rings. The van der Waals surface area contributed by atoms with Gasteiger partial charge >= 0.3 is 0 Å². The van der Waals surface area contributed by atoms with Gasteiger partial charge in [0, 0.05) is 11.3 Å². The average Bonchev–Trinajstić information content (AvgIpc) is 2.41. The lowest BCUT2D eigenvalue weighted by Crippen LogP contribution is -2.36. The zero-order chi connectivity index (χ0) is 13.0. The van der Waals surface area contributed by atoms with Crippen molar-refractivity contribution in [1.29, 1.82) is 0 Å². The first-order valence-electron chi connectivity index (χ1n) is 6.19. The highest BCUT2D eigenvalue weighted by Gasteiger charge is 2.31. The molecule has 0 bridgehead atoms. The molecule has 0 saturated heterocycles. The number of anilines is 1. The summed E-state index contributed by atoms with van der Waals surface area (Å²) in [4.78, 5) is 18.3. The zero-order valence-corrected chi connectivity index (χ0v) is 13.4. The van der Waals surface area contributed by atoms with Crippen LogP contribution in [0.25, 0.3) is 0 Å². The normalized spacial score (nSPS) is 18.6. The molecule has 1 aliphatic carbocycles. The van der Waals surface area contributed by atoms with Crippen molar-refractivity contribution in [3.8, 4) is 0 Å². The van der Waals surface area contributed by atoms with Crippen molar-refractivity contribution in [1.82, 2.24) is 9.97 Å². The molecule has 0 spiro atoms. The lowest BCUT2D eigenvalue weighted by molar-refractivity contribution is 0.411. The minimum atomic E-state index is -0.0741. The third kappa shape index (κ3) is 3.20. The number of aromatic amines is 1. The second-order valence-corrected chi connectivity index (χ2v) is 7.05. The highest BCUT2D eigenvalue weighted by Crippen LogP contribution is 2.38. The van der Waals surface area contributed by atoms with Gasteiger partial charge in [0.1, 0.15) is 9.39 Å². The van der Waals surface area contributed by atoms with E-state index in [0.29, 0.717) is 14.1 Å². The van der Waals surface area contributed by atoms with Crippen LogP contribution < -0.4 is 10.9 Å². The van der Waals surface area contributed by atoms with E-state index in [-0.39, 0.29) is 5.56 Å². The monoisotopic (exact) mass is 379 g/mol. The van der Waals surface area contributed by atoms with Gasteiger partial charge in [0.25, 0.3) is 5.56 Å². The predicted octanol–water partition coefficient (Wildman–Crippen LogP) is 2.85. The van der Waals surface area contributed by atoms with Crippen LogP contribution >= 0.6 is 34.4 Å². The Kier molecular flexibility index (Phi) is 4.94. The quantitative estimate of drug-likeness (QED) is 0.790. The Morgan fingerprint density at radius 3 is 2.89 bits per heavy atom. The second-order valence-electron chi connectivity index (χ2n) is 4.70. The fourth-order valence-electron chi connectivity index (χ4n) is 2.40. The molecule has 0 unspecified atom stereocenters. The zero-order valence-electron chi connectivity index (χ0n) is 10.5. The van der Waals surface area contributed by atoms with E-state index < -0.39 is 0 Å².